The first kappa shape index (κ1) is 22.2. The monoisotopic (exact) mass is 412 g/mol. The Bertz CT molecular complexity index is 786. The average Bonchev–Trinajstić information content (AvgIpc) is 3.30. The molecular weight excluding hydrogens is 380 g/mol. The first-order chi connectivity index (χ1) is 14.7. The maximum atomic E-state index is 12.5. The topological polar surface area (TPSA) is 86.6 Å². The molecule has 30 heavy (non-hydrogen) atoms. The van der Waals surface area contributed by atoms with E-state index in [1.165, 1.54) is 19.3 Å². The second-order valence-electron chi connectivity index (χ2n) is 7.60. The lowest BCUT2D eigenvalue weighted by molar-refractivity contribution is 0.0954. The summed E-state index contributed by atoms with van der Waals surface area (Å²) < 4.78 is 5.24. The van der Waals surface area contributed by atoms with E-state index in [1.807, 2.05) is 12.1 Å². The van der Waals surface area contributed by atoms with E-state index in [-0.39, 0.29) is 18.2 Å². The smallest absolute Gasteiger partial charge is 0.251 e. The van der Waals surface area contributed by atoms with Crippen molar-refractivity contribution in [2.24, 2.45) is 0 Å². The highest BCUT2D eigenvalue weighted by Crippen LogP contribution is 2.08. The molecule has 162 valence electrons. The highest BCUT2D eigenvalue weighted by Gasteiger charge is 2.12. The van der Waals surface area contributed by atoms with Gasteiger partial charge in [-0.05, 0) is 50.2 Å². The van der Waals surface area contributed by atoms with E-state index in [1.54, 1.807) is 30.5 Å². The molecule has 0 radical (unpaired) electrons. The summed E-state index contributed by atoms with van der Waals surface area (Å²) in [6.07, 6.45) is 5.51. The molecule has 1 aliphatic rings. The number of rotatable bonds is 12. The second kappa shape index (κ2) is 12.3. The molecule has 1 amide bonds. The fourth-order valence-electron chi connectivity index (χ4n) is 3.55. The first-order valence-corrected chi connectivity index (χ1v) is 10.8. The molecule has 0 aliphatic carbocycles. The van der Waals surface area contributed by atoms with E-state index >= 15 is 0 Å². The summed E-state index contributed by atoms with van der Waals surface area (Å²) in [5.41, 5.74) is 1.06. The molecule has 1 aliphatic heterocycles. The molecule has 1 aromatic carbocycles. The standard InChI is InChI=1S/C23H32N4O3/c28-22(18-25-11-14-27-12-2-1-3-13-27)19-6-4-7-20(16-19)23(29)26-10-9-24-17-21-8-5-15-30-21/h4-8,15-16,24-25H,1-3,9-14,17-18H2,(H,26,29). The zero-order valence-electron chi connectivity index (χ0n) is 17.5. The fraction of sp³-hybridized carbons (Fsp3) is 0.478. The Hall–Kier alpha value is -2.48. The molecule has 7 nitrogen and oxygen atoms in total. The van der Waals surface area contributed by atoms with Crippen molar-refractivity contribution in [1.82, 2.24) is 20.9 Å². The molecule has 0 bridgehead atoms. The zero-order valence-corrected chi connectivity index (χ0v) is 17.5. The molecule has 2 heterocycles. The molecule has 2 aromatic rings. The highest BCUT2D eigenvalue weighted by molar-refractivity contribution is 6.01. The molecule has 1 saturated heterocycles. The van der Waals surface area contributed by atoms with Crippen LogP contribution in [0.1, 0.15) is 45.7 Å². The Balaban J connectivity index is 1.35. The van der Waals surface area contributed by atoms with Crippen LogP contribution in [0.15, 0.2) is 47.1 Å². The largest absolute Gasteiger partial charge is 0.468 e. The van der Waals surface area contributed by atoms with E-state index in [9.17, 15) is 9.59 Å². The summed E-state index contributed by atoms with van der Waals surface area (Å²) in [6.45, 7) is 6.13. The summed E-state index contributed by atoms with van der Waals surface area (Å²) in [5, 5.41) is 9.30. The van der Waals surface area contributed by atoms with Crippen LogP contribution in [-0.4, -0.2) is 62.4 Å². The molecule has 3 N–H and O–H groups in total. The molecule has 0 unspecified atom stereocenters. The Kier molecular flexibility index (Phi) is 9.08. The van der Waals surface area contributed by atoms with Gasteiger partial charge in [0.1, 0.15) is 5.76 Å². The number of nitrogens with one attached hydrogen (secondary N) is 3. The molecule has 0 saturated carbocycles. The number of likely N-dealkylation sites (tertiary alicyclic amines) is 1. The number of piperidine rings is 1. The van der Waals surface area contributed by atoms with Crippen LogP contribution in [0, 0.1) is 0 Å². The van der Waals surface area contributed by atoms with Gasteiger partial charge in [0, 0.05) is 37.3 Å². The number of amides is 1. The Morgan fingerprint density at radius 2 is 1.77 bits per heavy atom. The van der Waals surface area contributed by atoms with Crippen molar-refractivity contribution in [3.63, 3.8) is 0 Å². The van der Waals surface area contributed by atoms with Gasteiger partial charge in [0.15, 0.2) is 5.78 Å². The quantitative estimate of drug-likeness (QED) is 0.365. The molecular formula is C23H32N4O3. The number of furan rings is 1. The van der Waals surface area contributed by atoms with Crippen LogP contribution in [0.5, 0.6) is 0 Å². The SMILES string of the molecule is O=C(CNCCN1CCCCC1)c1cccc(C(=O)NCCNCc2ccco2)c1. The van der Waals surface area contributed by atoms with Crippen LogP contribution in [0.4, 0.5) is 0 Å². The summed E-state index contributed by atoms with van der Waals surface area (Å²) in [5.74, 6) is 0.683. The number of hydrogen-bond acceptors (Lipinski definition) is 6. The van der Waals surface area contributed by atoms with Gasteiger partial charge < -0.3 is 25.3 Å². The van der Waals surface area contributed by atoms with Crippen LogP contribution in [-0.2, 0) is 6.54 Å². The lowest BCUT2D eigenvalue weighted by atomic mass is 10.1. The number of nitrogens with zero attached hydrogens (tertiary/aromatic N) is 1. The third kappa shape index (κ3) is 7.40. The van der Waals surface area contributed by atoms with Gasteiger partial charge in [0.2, 0.25) is 0 Å². The number of ketones is 1. The van der Waals surface area contributed by atoms with E-state index < -0.39 is 0 Å². The van der Waals surface area contributed by atoms with E-state index in [2.05, 4.69) is 20.9 Å². The number of carbonyl (C=O) groups excluding carboxylic acids is 2. The minimum absolute atomic E-state index is 0.00316. The minimum Gasteiger partial charge on any atom is -0.468 e. The van der Waals surface area contributed by atoms with Gasteiger partial charge in [-0.2, -0.15) is 0 Å². The van der Waals surface area contributed by atoms with Crippen molar-refractivity contribution in [3.8, 4) is 0 Å². The van der Waals surface area contributed by atoms with Gasteiger partial charge in [-0.25, -0.2) is 0 Å². The predicted molar refractivity (Wildman–Crippen MR) is 117 cm³/mol. The predicted octanol–water partition coefficient (Wildman–Crippen LogP) is 2.06. The van der Waals surface area contributed by atoms with Gasteiger partial charge in [-0.3, -0.25) is 9.59 Å². The number of hydrogen-bond donors (Lipinski definition) is 3. The second-order valence-corrected chi connectivity index (χ2v) is 7.60. The van der Waals surface area contributed by atoms with E-state index in [0.29, 0.717) is 30.8 Å². The highest BCUT2D eigenvalue weighted by atomic mass is 16.3. The maximum Gasteiger partial charge on any atom is 0.251 e. The fourth-order valence-corrected chi connectivity index (χ4v) is 3.55. The van der Waals surface area contributed by atoms with E-state index in [4.69, 9.17) is 4.42 Å². The van der Waals surface area contributed by atoms with Crippen molar-refractivity contribution < 1.29 is 14.0 Å². The Labute approximate surface area is 178 Å². The summed E-state index contributed by atoms with van der Waals surface area (Å²) >= 11 is 0. The molecule has 0 atom stereocenters. The number of Topliss-reactive ketones (excluding diaryl/α,β-unsaturated/α-hetero) is 1. The van der Waals surface area contributed by atoms with Crippen LogP contribution >= 0.6 is 0 Å². The summed E-state index contributed by atoms with van der Waals surface area (Å²) in [4.78, 5) is 27.3. The van der Waals surface area contributed by atoms with Crippen molar-refractivity contribution in [2.75, 3.05) is 45.8 Å². The van der Waals surface area contributed by atoms with E-state index in [0.717, 1.165) is 31.9 Å². The van der Waals surface area contributed by atoms with Gasteiger partial charge >= 0.3 is 0 Å². The third-order valence-electron chi connectivity index (χ3n) is 5.25. The Morgan fingerprint density at radius 3 is 2.57 bits per heavy atom. The van der Waals surface area contributed by atoms with Gasteiger partial charge in [0.05, 0.1) is 19.4 Å². The maximum absolute atomic E-state index is 12.5. The lowest BCUT2D eigenvalue weighted by Crippen LogP contribution is -2.37. The van der Waals surface area contributed by atoms with Gasteiger partial charge in [0.25, 0.3) is 5.91 Å². The summed E-state index contributed by atoms with van der Waals surface area (Å²) in [7, 11) is 0. The van der Waals surface area contributed by atoms with Gasteiger partial charge in [-0.1, -0.05) is 18.6 Å². The lowest BCUT2D eigenvalue weighted by Gasteiger charge is -2.26. The van der Waals surface area contributed by atoms with Crippen molar-refractivity contribution in [2.45, 2.75) is 25.8 Å². The molecule has 1 aromatic heterocycles. The molecule has 7 heteroatoms. The molecule has 1 fully saturated rings. The van der Waals surface area contributed by atoms with Gasteiger partial charge in [-0.15, -0.1) is 0 Å². The van der Waals surface area contributed by atoms with Crippen LogP contribution in [0.2, 0.25) is 0 Å². The normalized spacial score (nSPS) is 14.5. The van der Waals surface area contributed by atoms with Crippen LogP contribution in [0.25, 0.3) is 0 Å². The Morgan fingerprint density at radius 1 is 0.933 bits per heavy atom. The number of benzene rings is 1. The first-order valence-electron chi connectivity index (χ1n) is 10.8. The van der Waals surface area contributed by atoms with Crippen molar-refractivity contribution in [3.05, 3.63) is 59.5 Å². The zero-order chi connectivity index (χ0) is 21.0. The van der Waals surface area contributed by atoms with Crippen LogP contribution < -0.4 is 16.0 Å². The minimum atomic E-state index is -0.178. The number of carbonyl (C=O) groups is 2. The molecule has 3 rings (SSSR count). The van der Waals surface area contributed by atoms with Crippen molar-refractivity contribution in [1.29, 1.82) is 0 Å². The van der Waals surface area contributed by atoms with Crippen molar-refractivity contribution >= 4 is 11.7 Å². The third-order valence-corrected chi connectivity index (χ3v) is 5.25. The molecule has 0 spiro atoms. The average molecular weight is 413 g/mol. The summed E-state index contributed by atoms with van der Waals surface area (Å²) in [6, 6.07) is 10.7. The van der Waals surface area contributed by atoms with Crippen LogP contribution in [0.3, 0.4) is 0 Å².